The third-order valence-electron chi connectivity index (χ3n) is 2.09. The molecule has 1 atom stereocenters. The van der Waals surface area contributed by atoms with Gasteiger partial charge in [0.25, 0.3) is 0 Å². The summed E-state index contributed by atoms with van der Waals surface area (Å²) in [5, 5.41) is 22.7. The van der Waals surface area contributed by atoms with Gasteiger partial charge in [0.2, 0.25) is 0 Å². The average molecular weight is 242 g/mol. The predicted octanol–water partition coefficient (Wildman–Crippen LogP) is -0.0753. The molecule has 0 aromatic rings. The van der Waals surface area contributed by atoms with Crippen LogP contribution in [0.5, 0.6) is 0 Å². The van der Waals surface area contributed by atoms with Gasteiger partial charge in [-0.3, -0.25) is 0 Å². The van der Waals surface area contributed by atoms with Crippen molar-refractivity contribution < 1.29 is 19.8 Å². The van der Waals surface area contributed by atoms with Gasteiger partial charge >= 0.3 is 12.0 Å². The lowest BCUT2D eigenvalue weighted by atomic mass is 10.1. The van der Waals surface area contributed by atoms with Crippen molar-refractivity contribution in [1.29, 1.82) is 0 Å². The van der Waals surface area contributed by atoms with Crippen LogP contribution in [0.2, 0.25) is 0 Å². The third kappa shape index (κ3) is 7.19. The van der Waals surface area contributed by atoms with E-state index in [0.717, 1.165) is 19.8 Å². The Balaban J connectivity index is 3.67. The first-order valence-corrected chi connectivity index (χ1v) is 5.31. The number of unbranched alkanes of at least 4 members (excludes halogenated alkanes) is 2. The van der Waals surface area contributed by atoms with E-state index in [1.807, 2.05) is 0 Å². The maximum Gasteiger partial charge on any atom is 0.337 e. The van der Waals surface area contributed by atoms with Gasteiger partial charge in [-0.2, -0.15) is 0 Å². The molecule has 6 heteroatoms. The number of hydrogen-bond donors (Lipinski definition) is 4. The van der Waals surface area contributed by atoms with Gasteiger partial charge in [0.05, 0.1) is 6.54 Å². The standard InChI is InChI=1S/C11H18N2O4/c1-3-4-5-6-7-12-10(16)13-8-11(2,17)9(14)15/h1,17H,4-8H2,2H3,(H,14,15)(H2,12,13,16). The Morgan fingerprint density at radius 3 is 2.53 bits per heavy atom. The topological polar surface area (TPSA) is 98.7 Å². The van der Waals surface area contributed by atoms with Gasteiger partial charge < -0.3 is 20.8 Å². The molecule has 0 radical (unpaired) electrons. The van der Waals surface area contributed by atoms with E-state index >= 15 is 0 Å². The highest BCUT2D eigenvalue weighted by Crippen LogP contribution is 2.00. The number of carbonyl (C=O) groups excluding carboxylic acids is 1. The highest BCUT2D eigenvalue weighted by molar-refractivity contribution is 5.79. The number of nitrogens with one attached hydrogen (secondary N) is 2. The first kappa shape index (κ1) is 15.3. The molecule has 0 aromatic carbocycles. The lowest BCUT2D eigenvalue weighted by Gasteiger charge is -2.18. The van der Waals surface area contributed by atoms with Crippen molar-refractivity contribution in [2.45, 2.75) is 31.8 Å². The van der Waals surface area contributed by atoms with E-state index in [1.54, 1.807) is 0 Å². The molecule has 2 amide bonds. The Morgan fingerprint density at radius 2 is 2.00 bits per heavy atom. The molecule has 96 valence electrons. The van der Waals surface area contributed by atoms with Crippen LogP contribution in [0.4, 0.5) is 4.79 Å². The summed E-state index contributed by atoms with van der Waals surface area (Å²) in [7, 11) is 0. The molecule has 4 N–H and O–H groups in total. The summed E-state index contributed by atoms with van der Waals surface area (Å²) < 4.78 is 0. The largest absolute Gasteiger partial charge is 0.479 e. The molecule has 17 heavy (non-hydrogen) atoms. The van der Waals surface area contributed by atoms with Crippen molar-refractivity contribution >= 4 is 12.0 Å². The van der Waals surface area contributed by atoms with Gasteiger partial charge in [0, 0.05) is 13.0 Å². The zero-order chi connectivity index (χ0) is 13.3. The molecular formula is C11H18N2O4. The van der Waals surface area contributed by atoms with Crippen LogP contribution in [0.25, 0.3) is 0 Å². The van der Waals surface area contributed by atoms with Gasteiger partial charge in [-0.05, 0) is 19.8 Å². The summed E-state index contributed by atoms with van der Waals surface area (Å²) in [5.41, 5.74) is -1.96. The molecule has 0 aliphatic heterocycles. The second-order valence-corrected chi connectivity index (χ2v) is 3.85. The van der Waals surface area contributed by atoms with Crippen LogP contribution in [0.15, 0.2) is 0 Å². The number of carbonyl (C=O) groups is 2. The number of rotatable bonds is 7. The lowest BCUT2D eigenvalue weighted by Crippen LogP contribution is -2.49. The van der Waals surface area contributed by atoms with Crippen molar-refractivity contribution in [1.82, 2.24) is 10.6 Å². The number of terminal acetylenes is 1. The monoisotopic (exact) mass is 242 g/mol. The van der Waals surface area contributed by atoms with Crippen molar-refractivity contribution in [3.05, 3.63) is 0 Å². The van der Waals surface area contributed by atoms with E-state index in [1.165, 1.54) is 0 Å². The van der Waals surface area contributed by atoms with E-state index in [4.69, 9.17) is 11.5 Å². The minimum absolute atomic E-state index is 0.349. The highest BCUT2D eigenvalue weighted by Gasteiger charge is 2.30. The Hall–Kier alpha value is -1.74. The molecule has 0 saturated heterocycles. The van der Waals surface area contributed by atoms with Crippen LogP contribution < -0.4 is 10.6 Å². The first-order valence-electron chi connectivity index (χ1n) is 5.31. The van der Waals surface area contributed by atoms with Crippen molar-refractivity contribution in [3.8, 4) is 12.3 Å². The number of carboxylic acids is 1. The Kier molecular flexibility index (Phi) is 6.75. The molecule has 0 fully saturated rings. The Bertz CT molecular complexity index is 307. The average Bonchev–Trinajstić information content (AvgIpc) is 2.26. The van der Waals surface area contributed by atoms with Crippen LogP contribution >= 0.6 is 0 Å². The highest BCUT2D eigenvalue weighted by atomic mass is 16.4. The summed E-state index contributed by atoms with van der Waals surface area (Å²) >= 11 is 0. The molecule has 0 bridgehead atoms. The molecule has 0 aliphatic rings. The first-order chi connectivity index (χ1) is 7.90. The molecular weight excluding hydrogens is 224 g/mol. The number of aliphatic carboxylic acids is 1. The number of urea groups is 1. The van der Waals surface area contributed by atoms with E-state index in [2.05, 4.69) is 16.6 Å². The minimum atomic E-state index is -1.96. The fourth-order valence-electron chi connectivity index (χ4n) is 0.944. The van der Waals surface area contributed by atoms with E-state index < -0.39 is 17.6 Å². The summed E-state index contributed by atoms with van der Waals surface area (Å²) in [6, 6.07) is -0.507. The molecule has 0 saturated carbocycles. The number of aliphatic hydroxyl groups is 1. The van der Waals surface area contributed by atoms with Crippen molar-refractivity contribution in [2.75, 3.05) is 13.1 Å². The van der Waals surface area contributed by atoms with Crippen molar-refractivity contribution in [2.24, 2.45) is 0 Å². The zero-order valence-corrected chi connectivity index (χ0v) is 9.82. The molecule has 6 nitrogen and oxygen atoms in total. The van der Waals surface area contributed by atoms with Crippen LogP contribution in [0, 0.1) is 12.3 Å². The molecule has 0 rings (SSSR count). The molecule has 0 aromatic heterocycles. The number of carboxylic acid groups (broad SMARTS) is 1. The number of hydrogen-bond acceptors (Lipinski definition) is 3. The maximum atomic E-state index is 11.2. The summed E-state index contributed by atoms with van der Waals surface area (Å²) in [6.07, 6.45) is 7.31. The van der Waals surface area contributed by atoms with Gasteiger partial charge in [-0.25, -0.2) is 9.59 Å². The minimum Gasteiger partial charge on any atom is -0.479 e. The Labute approximate surface area is 100 Å². The molecule has 0 spiro atoms. The summed E-state index contributed by atoms with van der Waals surface area (Å²) in [6.45, 7) is 1.23. The van der Waals surface area contributed by atoms with Crippen molar-refractivity contribution in [3.63, 3.8) is 0 Å². The van der Waals surface area contributed by atoms with E-state index in [9.17, 15) is 14.7 Å². The SMILES string of the molecule is C#CCCCCNC(=O)NCC(C)(O)C(=O)O. The summed E-state index contributed by atoms with van der Waals surface area (Å²) in [5.74, 6) is 1.10. The van der Waals surface area contributed by atoms with Crippen LogP contribution in [0.1, 0.15) is 26.2 Å². The van der Waals surface area contributed by atoms with Crippen LogP contribution in [-0.4, -0.2) is 40.9 Å². The van der Waals surface area contributed by atoms with E-state index in [-0.39, 0.29) is 6.54 Å². The van der Waals surface area contributed by atoms with Gasteiger partial charge in [0.15, 0.2) is 5.60 Å². The smallest absolute Gasteiger partial charge is 0.337 e. The molecule has 1 unspecified atom stereocenters. The third-order valence-corrected chi connectivity index (χ3v) is 2.09. The van der Waals surface area contributed by atoms with Crippen LogP contribution in [0.3, 0.4) is 0 Å². The zero-order valence-electron chi connectivity index (χ0n) is 9.82. The van der Waals surface area contributed by atoms with E-state index in [0.29, 0.717) is 13.0 Å². The number of amides is 2. The van der Waals surface area contributed by atoms with Gasteiger partial charge in [-0.1, -0.05) is 0 Å². The fraction of sp³-hybridized carbons (Fsp3) is 0.636. The Morgan fingerprint density at radius 1 is 1.35 bits per heavy atom. The normalized spacial score (nSPS) is 13.2. The fourth-order valence-corrected chi connectivity index (χ4v) is 0.944. The summed E-state index contributed by atoms with van der Waals surface area (Å²) in [4.78, 5) is 21.7. The quantitative estimate of drug-likeness (QED) is 0.371. The van der Waals surface area contributed by atoms with Crippen LogP contribution in [-0.2, 0) is 4.79 Å². The second kappa shape index (κ2) is 7.52. The molecule has 0 aliphatic carbocycles. The predicted molar refractivity (Wildman–Crippen MR) is 62.3 cm³/mol. The maximum absolute atomic E-state index is 11.2. The second-order valence-electron chi connectivity index (χ2n) is 3.85. The van der Waals surface area contributed by atoms with Gasteiger partial charge in [0.1, 0.15) is 0 Å². The van der Waals surface area contributed by atoms with Gasteiger partial charge in [-0.15, -0.1) is 12.3 Å². The lowest BCUT2D eigenvalue weighted by molar-refractivity contribution is -0.155. The molecule has 0 heterocycles.